The maximum Gasteiger partial charge on any atom is 0.120 e. The predicted molar refractivity (Wildman–Crippen MR) is 74.8 cm³/mol. The summed E-state index contributed by atoms with van der Waals surface area (Å²) in [7, 11) is 1.66. The van der Waals surface area contributed by atoms with Gasteiger partial charge in [-0.1, -0.05) is 17.9 Å². The monoisotopic (exact) mass is 255 g/mol. The van der Waals surface area contributed by atoms with Crippen LogP contribution in [-0.4, -0.2) is 17.8 Å². The minimum atomic E-state index is 0.765. The Morgan fingerprint density at radius 3 is 2.83 bits per heavy atom. The summed E-state index contributed by atoms with van der Waals surface area (Å²) >= 11 is 1.70. The van der Waals surface area contributed by atoms with Gasteiger partial charge in [0.15, 0.2) is 0 Å². The quantitative estimate of drug-likeness (QED) is 0.621. The molecule has 0 aliphatic heterocycles. The second-order valence-electron chi connectivity index (χ2n) is 3.51. The van der Waals surface area contributed by atoms with E-state index < -0.39 is 0 Å². The fraction of sp³-hybridized carbons (Fsp3) is 0.133. The first-order valence-electron chi connectivity index (χ1n) is 5.54. The summed E-state index contributed by atoms with van der Waals surface area (Å²) < 4.78 is 5.15. The lowest BCUT2D eigenvalue weighted by molar-refractivity contribution is 0.414. The first-order chi connectivity index (χ1) is 8.88. The fourth-order valence-electron chi connectivity index (χ4n) is 1.39. The van der Waals surface area contributed by atoms with Crippen molar-refractivity contribution < 1.29 is 4.74 Å². The van der Waals surface area contributed by atoms with Crippen molar-refractivity contribution in [2.75, 3.05) is 12.9 Å². The van der Waals surface area contributed by atoms with Crippen LogP contribution >= 0.6 is 11.8 Å². The Morgan fingerprint density at radius 1 is 1.22 bits per heavy atom. The summed E-state index contributed by atoms with van der Waals surface area (Å²) in [5.74, 6) is 7.86. The van der Waals surface area contributed by atoms with E-state index in [1.807, 2.05) is 36.4 Å². The van der Waals surface area contributed by atoms with Crippen LogP contribution in [0.3, 0.4) is 0 Å². The molecule has 1 aromatic heterocycles. The van der Waals surface area contributed by atoms with Crippen molar-refractivity contribution in [3.8, 4) is 17.6 Å². The summed E-state index contributed by atoms with van der Waals surface area (Å²) in [6.07, 6.45) is 3.58. The first kappa shape index (κ1) is 12.5. The largest absolute Gasteiger partial charge is 0.497 e. The van der Waals surface area contributed by atoms with Crippen molar-refractivity contribution in [2.24, 2.45) is 0 Å². The Kier molecular flexibility index (Phi) is 4.68. The van der Waals surface area contributed by atoms with E-state index in [0.717, 1.165) is 17.1 Å². The average Bonchev–Trinajstić information content (AvgIpc) is 2.45. The maximum absolute atomic E-state index is 5.15. The molecule has 0 radical (unpaired) electrons. The van der Waals surface area contributed by atoms with E-state index in [9.17, 15) is 0 Å². The number of aromatic nitrogens is 1. The lowest BCUT2D eigenvalue weighted by Crippen LogP contribution is -1.83. The molecule has 0 aliphatic carbocycles. The number of hydrogen-bond donors (Lipinski definition) is 0. The molecule has 0 saturated carbocycles. The van der Waals surface area contributed by atoms with Crippen molar-refractivity contribution >= 4 is 11.8 Å². The molecule has 0 spiro atoms. The van der Waals surface area contributed by atoms with Gasteiger partial charge in [-0.25, -0.2) is 0 Å². The van der Waals surface area contributed by atoms with Crippen molar-refractivity contribution in [3.63, 3.8) is 0 Å². The number of ether oxygens (including phenoxy) is 1. The topological polar surface area (TPSA) is 22.1 Å². The van der Waals surface area contributed by atoms with Gasteiger partial charge in [0.2, 0.25) is 0 Å². The van der Waals surface area contributed by atoms with Gasteiger partial charge in [0.05, 0.1) is 12.9 Å². The van der Waals surface area contributed by atoms with Crippen LogP contribution in [0.5, 0.6) is 5.75 Å². The summed E-state index contributed by atoms with van der Waals surface area (Å²) in [6.45, 7) is 0. The van der Waals surface area contributed by atoms with Crippen LogP contribution in [0.1, 0.15) is 5.56 Å². The maximum atomic E-state index is 5.15. The van der Waals surface area contributed by atoms with Crippen LogP contribution in [0.25, 0.3) is 0 Å². The Balaban J connectivity index is 1.92. The summed E-state index contributed by atoms with van der Waals surface area (Å²) in [4.78, 5) is 5.16. The van der Waals surface area contributed by atoms with Gasteiger partial charge < -0.3 is 4.74 Å². The third-order valence-electron chi connectivity index (χ3n) is 2.26. The van der Waals surface area contributed by atoms with Crippen LogP contribution in [0.4, 0.5) is 0 Å². The summed E-state index contributed by atoms with van der Waals surface area (Å²) in [5.41, 5.74) is 0.977. The molecule has 0 atom stereocenters. The highest BCUT2D eigenvalue weighted by molar-refractivity contribution is 7.99. The van der Waals surface area contributed by atoms with Crippen molar-refractivity contribution in [1.29, 1.82) is 0 Å². The average molecular weight is 255 g/mol. The van der Waals surface area contributed by atoms with Gasteiger partial charge in [-0.15, -0.1) is 11.8 Å². The lowest BCUT2D eigenvalue weighted by atomic mass is 10.2. The zero-order valence-corrected chi connectivity index (χ0v) is 10.9. The van der Waals surface area contributed by atoms with Crippen molar-refractivity contribution in [3.05, 3.63) is 54.4 Å². The number of thioether (sulfide) groups is 1. The fourth-order valence-corrected chi connectivity index (χ4v) is 2.02. The minimum Gasteiger partial charge on any atom is -0.497 e. The molecular weight excluding hydrogens is 242 g/mol. The summed E-state index contributed by atoms with van der Waals surface area (Å²) in [6, 6.07) is 11.7. The van der Waals surface area contributed by atoms with Crippen molar-refractivity contribution in [2.45, 2.75) is 4.90 Å². The third-order valence-corrected chi connectivity index (χ3v) is 3.16. The van der Waals surface area contributed by atoms with Crippen LogP contribution in [0.2, 0.25) is 0 Å². The number of rotatable bonds is 3. The van der Waals surface area contributed by atoms with E-state index in [-0.39, 0.29) is 0 Å². The molecule has 0 bridgehead atoms. The Labute approximate surface area is 111 Å². The van der Waals surface area contributed by atoms with Crippen molar-refractivity contribution in [1.82, 2.24) is 4.98 Å². The van der Waals surface area contributed by atoms with Gasteiger partial charge in [0.1, 0.15) is 5.75 Å². The van der Waals surface area contributed by atoms with E-state index in [1.165, 1.54) is 4.90 Å². The Hall–Kier alpha value is -1.92. The molecule has 0 aliphatic rings. The van der Waals surface area contributed by atoms with Gasteiger partial charge >= 0.3 is 0 Å². The predicted octanol–water partition coefficient (Wildman–Crippen LogP) is 3.23. The molecule has 0 N–H and O–H groups in total. The molecule has 3 heteroatoms. The molecule has 1 aromatic carbocycles. The zero-order chi connectivity index (χ0) is 12.6. The van der Waals surface area contributed by atoms with Gasteiger partial charge in [-0.2, -0.15) is 0 Å². The second-order valence-corrected chi connectivity index (χ2v) is 4.55. The van der Waals surface area contributed by atoms with Crippen LogP contribution < -0.4 is 4.74 Å². The SMILES string of the molecule is COc1cccc(C#CCSc2ccncc2)c1. The summed E-state index contributed by atoms with van der Waals surface area (Å²) in [5, 5.41) is 0. The zero-order valence-electron chi connectivity index (χ0n) is 10.1. The minimum absolute atomic E-state index is 0.765. The highest BCUT2D eigenvalue weighted by Crippen LogP contribution is 2.15. The highest BCUT2D eigenvalue weighted by atomic mass is 32.2. The van der Waals surface area contributed by atoms with Crippen LogP contribution in [0, 0.1) is 11.8 Å². The standard InChI is InChI=1S/C15H13NOS/c1-17-14-6-2-4-13(12-14)5-3-11-18-15-7-9-16-10-8-15/h2,4,6-10,12H,11H2,1H3. The van der Waals surface area contributed by atoms with Crippen LogP contribution in [0.15, 0.2) is 53.7 Å². The number of hydrogen-bond acceptors (Lipinski definition) is 3. The molecular formula is C15H13NOS. The number of methoxy groups -OCH3 is 1. The molecule has 90 valence electrons. The van der Waals surface area contributed by atoms with E-state index >= 15 is 0 Å². The van der Waals surface area contributed by atoms with Gasteiger partial charge in [-0.05, 0) is 30.3 Å². The van der Waals surface area contributed by atoms with Gasteiger partial charge in [0, 0.05) is 22.9 Å². The van der Waals surface area contributed by atoms with Crippen LogP contribution in [-0.2, 0) is 0 Å². The van der Waals surface area contributed by atoms with E-state index in [4.69, 9.17) is 4.74 Å². The molecule has 0 saturated heterocycles. The Bertz CT molecular complexity index is 557. The Morgan fingerprint density at radius 2 is 2.06 bits per heavy atom. The number of pyridine rings is 1. The lowest BCUT2D eigenvalue weighted by Gasteiger charge is -1.98. The van der Waals surface area contributed by atoms with Gasteiger partial charge in [0.25, 0.3) is 0 Å². The highest BCUT2D eigenvalue weighted by Gasteiger charge is 1.92. The molecule has 2 nitrogen and oxygen atoms in total. The third kappa shape index (κ3) is 3.83. The smallest absolute Gasteiger partial charge is 0.120 e. The molecule has 2 aromatic rings. The van der Waals surface area contributed by atoms with Gasteiger partial charge in [-0.3, -0.25) is 4.98 Å². The number of nitrogens with zero attached hydrogens (tertiary/aromatic N) is 1. The normalized spacial score (nSPS) is 9.39. The van der Waals surface area contributed by atoms with E-state index in [1.54, 1.807) is 31.3 Å². The second kappa shape index (κ2) is 6.73. The molecule has 18 heavy (non-hydrogen) atoms. The van der Waals surface area contributed by atoms with E-state index in [0.29, 0.717) is 0 Å². The molecule has 1 heterocycles. The molecule has 2 rings (SSSR count). The number of benzene rings is 1. The molecule has 0 fully saturated rings. The molecule has 0 unspecified atom stereocenters. The first-order valence-corrected chi connectivity index (χ1v) is 6.53. The van der Waals surface area contributed by atoms with E-state index in [2.05, 4.69) is 16.8 Å². The molecule has 0 amide bonds.